The number of nitrogens with one attached hydrogen (secondary N) is 2. The number of anilines is 1. The lowest BCUT2D eigenvalue weighted by atomic mass is 10.3. The van der Waals surface area contributed by atoms with E-state index >= 15 is 0 Å². The second kappa shape index (κ2) is 4.66. The van der Waals surface area contributed by atoms with Gasteiger partial charge in [-0.1, -0.05) is 6.92 Å². The summed E-state index contributed by atoms with van der Waals surface area (Å²) < 4.78 is 26.6. The van der Waals surface area contributed by atoms with Crippen LogP contribution in [-0.4, -0.2) is 21.0 Å². The fourth-order valence-electron chi connectivity index (χ4n) is 1.71. The molecule has 2 atom stereocenters. The van der Waals surface area contributed by atoms with Crippen molar-refractivity contribution in [3.63, 3.8) is 0 Å². The van der Waals surface area contributed by atoms with E-state index in [4.69, 9.17) is 0 Å². The van der Waals surface area contributed by atoms with Crippen LogP contribution in [0.2, 0.25) is 0 Å². The molecule has 0 heterocycles. The summed E-state index contributed by atoms with van der Waals surface area (Å²) in [6.07, 6.45) is 0.939. The van der Waals surface area contributed by atoms with Crippen molar-refractivity contribution in [2.45, 2.75) is 31.2 Å². The first-order valence-corrected chi connectivity index (χ1v) is 7.37. The maximum Gasteiger partial charge on any atom is 0.240 e. The van der Waals surface area contributed by atoms with E-state index < -0.39 is 10.0 Å². The Labute approximate surface area is 102 Å². The van der Waals surface area contributed by atoms with E-state index in [0.717, 1.165) is 18.7 Å². The third-order valence-electron chi connectivity index (χ3n) is 2.96. The molecule has 0 bridgehead atoms. The Bertz CT molecular complexity index is 482. The molecule has 1 aliphatic rings. The molecular formula is C12H18N2O2S. The number of hydrogen-bond acceptors (Lipinski definition) is 3. The van der Waals surface area contributed by atoms with Gasteiger partial charge < -0.3 is 5.32 Å². The van der Waals surface area contributed by atoms with E-state index in [-0.39, 0.29) is 6.04 Å². The molecule has 0 amide bonds. The molecule has 94 valence electrons. The SMILES string of the molecule is CCNc1ccc(S(=O)(=O)NC2CC2C)cc1. The summed E-state index contributed by atoms with van der Waals surface area (Å²) in [7, 11) is -3.34. The monoisotopic (exact) mass is 254 g/mol. The van der Waals surface area contributed by atoms with Crippen molar-refractivity contribution in [3.05, 3.63) is 24.3 Å². The van der Waals surface area contributed by atoms with Crippen LogP contribution >= 0.6 is 0 Å². The summed E-state index contributed by atoms with van der Waals surface area (Å²) in [5.41, 5.74) is 0.936. The van der Waals surface area contributed by atoms with Crippen molar-refractivity contribution >= 4 is 15.7 Å². The van der Waals surface area contributed by atoms with Crippen molar-refractivity contribution < 1.29 is 8.42 Å². The molecule has 0 spiro atoms. The Kier molecular flexibility index (Phi) is 3.40. The van der Waals surface area contributed by atoms with E-state index in [0.29, 0.717) is 10.8 Å². The predicted octanol–water partition coefficient (Wildman–Crippen LogP) is 1.81. The Hall–Kier alpha value is -1.07. The highest BCUT2D eigenvalue weighted by atomic mass is 32.2. The standard InChI is InChI=1S/C12H18N2O2S/c1-3-13-10-4-6-11(7-5-10)17(15,16)14-12-8-9(12)2/h4-7,9,12-14H,3,8H2,1-2H3. The topological polar surface area (TPSA) is 58.2 Å². The Morgan fingerprint density at radius 1 is 1.29 bits per heavy atom. The van der Waals surface area contributed by atoms with E-state index in [1.807, 2.05) is 13.8 Å². The van der Waals surface area contributed by atoms with Crippen molar-refractivity contribution in [2.24, 2.45) is 5.92 Å². The van der Waals surface area contributed by atoms with Crippen molar-refractivity contribution in [2.75, 3.05) is 11.9 Å². The maximum absolute atomic E-state index is 12.0. The lowest BCUT2D eigenvalue weighted by Crippen LogP contribution is -2.26. The molecule has 2 N–H and O–H groups in total. The van der Waals surface area contributed by atoms with Crippen LogP contribution in [-0.2, 0) is 10.0 Å². The van der Waals surface area contributed by atoms with Gasteiger partial charge in [-0.05, 0) is 43.5 Å². The van der Waals surface area contributed by atoms with Crippen LogP contribution in [0.25, 0.3) is 0 Å². The zero-order valence-electron chi connectivity index (χ0n) is 10.1. The molecule has 1 aromatic carbocycles. The molecule has 2 rings (SSSR count). The van der Waals surface area contributed by atoms with Crippen LogP contribution in [0, 0.1) is 5.92 Å². The molecule has 1 aliphatic carbocycles. The summed E-state index contributed by atoms with van der Waals surface area (Å²) >= 11 is 0. The molecular weight excluding hydrogens is 236 g/mol. The van der Waals surface area contributed by atoms with Crippen LogP contribution in [0.4, 0.5) is 5.69 Å². The van der Waals surface area contributed by atoms with Crippen LogP contribution in [0.3, 0.4) is 0 Å². The highest BCUT2D eigenvalue weighted by Crippen LogP contribution is 2.30. The summed E-state index contributed by atoms with van der Waals surface area (Å²) in [5, 5.41) is 3.13. The summed E-state index contributed by atoms with van der Waals surface area (Å²) in [5.74, 6) is 0.464. The van der Waals surface area contributed by atoms with Crippen molar-refractivity contribution in [1.29, 1.82) is 0 Å². The molecule has 2 unspecified atom stereocenters. The lowest BCUT2D eigenvalue weighted by molar-refractivity contribution is 0.578. The van der Waals surface area contributed by atoms with Gasteiger partial charge in [0, 0.05) is 18.3 Å². The molecule has 1 saturated carbocycles. The molecule has 0 aliphatic heterocycles. The zero-order chi connectivity index (χ0) is 12.5. The van der Waals surface area contributed by atoms with Gasteiger partial charge in [0.1, 0.15) is 0 Å². The van der Waals surface area contributed by atoms with Crippen LogP contribution in [0.15, 0.2) is 29.2 Å². The van der Waals surface area contributed by atoms with Gasteiger partial charge in [-0.3, -0.25) is 0 Å². The average Bonchev–Trinajstić information content (AvgIpc) is 2.94. The van der Waals surface area contributed by atoms with E-state index in [1.54, 1.807) is 24.3 Å². The van der Waals surface area contributed by atoms with Gasteiger partial charge in [-0.15, -0.1) is 0 Å². The Morgan fingerprint density at radius 3 is 2.35 bits per heavy atom. The molecule has 1 aromatic rings. The normalized spacial score (nSPS) is 23.4. The second-order valence-electron chi connectivity index (χ2n) is 4.50. The first-order chi connectivity index (χ1) is 8.03. The van der Waals surface area contributed by atoms with Crippen molar-refractivity contribution in [1.82, 2.24) is 4.72 Å². The minimum Gasteiger partial charge on any atom is -0.385 e. The van der Waals surface area contributed by atoms with Gasteiger partial charge in [0.2, 0.25) is 10.0 Å². The van der Waals surface area contributed by atoms with Gasteiger partial charge in [0.25, 0.3) is 0 Å². The molecule has 4 nitrogen and oxygen atoms in total. The maximum atomic E-state index is 12.0. The molecule has 0 aromatic heterocycles. The number of hydrogen-bond donors (Lipinski definition) is 2. The third-order valence-corrected chi connectivity index (χ3v) is 4.47. The van der Waals surface area contributed by atoms with Crippen LogP contribution in [0.5, 0.6) is 0 Å². The smallest absolute Gasteiger partial charge is 0.240 e. The fourth-order valence-corrected chi connectivity index (χ4v) is 3.07. The summed E-state index contributed by atoms with van der Waals surface area (Å²) in [6, 6.07) is 6.96. The molecule has 17 heavy (non-hydrogen) atoms. The predicted molar refractivity (Wildman–Crippen MR) is 68.5 cm³/mol. The second-order valence-corrected chi connectivity index (χ2v) is 6.21. The Morgan fingerprint density at radius 2 is 1.88 bits per heavy atom. The first kappa shape index (κ1) is 12.4. The Balaban J connectivity index is 2.10. The zero-order valence-corrected chi connectivity index (χ0v) is 10.9. The minimum absolute atomic E-state index is 0.119. The molecule has 1 fully saturated rings. The van der Waals surface area contributed by atoms with Crippen molar-refractivity contribution in [3.8, 4) is 0 Å². The highest BCUT2D eigenvalue weighted by Gasteiger charge is 2.36. The minimum atomic E-state index is -3.34. The van der Waals surface area contributed by atoms with Gasteiger partial charge in [-0.2, -0.15) is 0 Å². The first-order valence-electron chi connectivity index (χ1n) is 5.89. The van der Waals surface area contributed by atoms with Crippen LogP contribution < -0.4 is 10.0 Å². The number of rotatable bonds is 5. The van der Waals surface area contributed by atoms with Crippen LogP contribution in [0.1, 0.15) is 20.3 Å². The number of sulfonamides is 1. The van der Waals surface area contributed by atoms with Gasteiger partial charge in [0.05, 0.1) is 4.90 Å². The summed E-state index contributed by atoms with van der Waals surface area (Å²) in [4.78, 5) is 0.332. The lowest BCUT2D eigenvalue weighted by Gasteiger charge is -2.07. The van der Waals surface area contributed by atoms with E-state index in [1.165, 1.54) is 0 Å². The fraction of sp³-hybridized carbons (Fsp3) is 0.500. The molecule has 0 radical (unpaired) electrons. The van der Waals surface area contributed by atoms with E-state index in [2.05, 4.69) is 10.0 Å². The van der Waals surface area contributed by atoms with Gasteiger partial charge in [-0.25, -0.2) is 13.1 Å². The summed E-state index contributed by atoms with van der Waals surface area (Å²) in [6.45, 7) is 4.87. The van der Waals surface area contributed by atoms with E-state index in [9.17, 15) is 8.42 Å². The molecule has 0 saturated heterocycles. The molecule has 5 heteroatoms. The average molecular weight is 254 g/mol. The highest BCUT2D eigenvalue weighted by molar-refractivity contribution is 7.89. The number of benzene rings is 1. The van der Waals surface area contributed by atoms with Gasteiger partial charge >= 0.3 is 0 Å². The third kappa shape index (κ3) is 2.98. The van der Waals surface area contributed by atoms with Gasteiger partial charge in [0.15, 0.2) is 0 Å². The largest absolute Gasteiger partial charge is 0.385 e. The quantitative estimate of drug-likeness (QED) is 0.842.